The molecule has 6 nitrogen and oxygen atoms in total. The van der Waals surface area contributed by atoms with Gasteiger partial charge in [-0.2, -0.15) is 5.10 Å². The Morgan fingerprint density at radius 3 is 3.15 bits per heavy atom. The third-order valence-electron chi connectivity index (χ3n) is 3.75. The molecule has 1 saturated heterocycles. The second kappa shape index (κ2) is 5.22. The molecule has 6 heteroatoms. The van der Waals surface area contributed by atoms with Gasteiger partial charge in [-0.3, -0.25) is 9.89 Å². The van der Waals surface area contributed by atoms with Gasteiger partial charge in [0.1, 0.15) is 6.10 Å². The van der Waals surface area contributed by atoms with Crippen molar-refractivity contribution in [1.29, 1.82) is 0 Å². The zero-order valence-electron chi connectivity index (χ0n) is 11.3. The number of aromatic amines is 1. The van der Waals surface area contributed by atoms with E-state index in [1.165, 1.54) is 0 Å². The van der Waals surface area contributed by atoms with Crippen LogP contribution >= 0.6 is 0 Å². The van der Waals surface area contributed by atoms with Crippen molar-refractivity contribution in [2.24, 2.45) is 5.73 Å². The van der Waals surface area contributed by atoms with Crippen molar-refractivity contribution >= 4 is 22.5 Å². The van der Waals surface area contributed by atoms with E-state index in [4.69, 9.17) is 10.5 Å². The number of ether oxygens (including phenoxy) is 1. The first-order valence-electron chi connectivity index (χ1n) is 6.78. The molecule has 0 saturated carbocycles. The van der Waals surface area contributed by atoms with Crippen molar-refractivity contribution in [3.63, 3.8) is 0 Å². The quantitative estimate of drug-likeness (QED) is 0.787. The maximum atomic E-state index is 12.2. The van der Waals surface area contributed by atoms with Crippen LogP contribution in [0.3, 0.4) is 0 Å². The van der Waals surface area contributed by atoms with Crippen molar-refractivity contribution in [2.75, 3.05) is 11.9 Å². The summed E-state index contributed by atoms with van der Waals surface area (Å²) in [6.07, 6.45) is 2.89. The molecule has 0 radical (unpaired) electrons. The zero-order valence-corrected chi connectivity index (χ0v) is 11.3. The van der Waals surface area contributed by atoms with Crippen LogP contribution in [0.15, 0.2) is 18.3 Å². The molecule has 1 amide bonds. The number of anilines is 1. The van der Waals surface area contributed by atoms with Gasteiger partial charge in [0.2, 0.25) is 0 Å². The molecule has 0 unspecified atom stereocenters. The fraction of sp³-hybridized carbons (Fsp3) is 0.429. The molecular weight excluding hydrogens is 256 g/mol. The Hall–Kier alpha value is -1.92. The molecule has 2 aromatic rings. The summed E-state index contributed by atoms with van der Waals surface area (Å²) in [4.78, 5) is 12.2. The predicted octanol–water partition coefficient (Wildman–Crippen LogP) is 1.32. The van der Waals surface area contributed by atoms with Crippen molar-refractivity contribution in [1.82, 2.24) is 10.2 Å². The molecule has 1 aromatic carbocycles. The second-order valence-corrected chi connectivity index (χ2v) is 5.14. The van der Waals surface area contributed by atoms with Gasteiger partial charge >= 0.3 is 0 Å². The number of hydrogen-bond donors (Lipinski definition) is 3. The van der Waals surface area contributed by atoms with Crippen LogP contribution in [0.2, 0.25) is 0 Å². The van der Waals surface area contributed by atoms with Gasteiger partial charge in [0.05, 0.1) is 23.5 Å². The Bertz CT molecular complexity index is 637. The van der Waals surface area contributed by atoms with Crippen LogP contribution in [0.4, 0.5) is 5.69 Å². The van der Waals surface area contributed by atoms with E-state index in [1.54, 1.807) is 6.20 Å². The van der Waals surface area contributed by atoms with Gasteiger partial charge in [-0.05, 0) is 31.4 Å². The Labute approximate surface area is 116 Å². The third kappa shape index (κ3) is 2.28. The minimum atomic E-state index is -0.414. The normalized spacial score (nSPS) is 22.3. The lowest BCUT2D eigenvalue weighted by molar-refractivity contribution is -0.126. The SMILES string of the molecule is Cc1ccc(NC(=O)[C@@H]2CC[C@H](CN)O2)c2[nH]ncc12. The highest BCUT2D eigenvalue weighted by atomic mass is 16.5. The number of carbonyl (C=O) groups is 1. The minimum Gasteiger partial charge on any atom is -0.364 e. The number of nitrogens with one attached hydrogen (secondary N) is 2. The number of carbonyl (C=O) groups excluding carboxylic acids is 1. The Balaban J connectivity index is 1.78. The largest absolute Gasteiger partial charge is 0.364 e. The predicted molar refractivity (Wildman–Crippen MR) is 76.4 cm³/mol. The maximum absolute atomic E-state index is 12.2. The molecule has 0 aliphatic carbocycles. The van der Waals surface area contributed by atoms with Gasteiger partial charge in [0.25, 0.3) is 5.91 Å². The second-order valence-electron chi connectivity index (χ2n) is 5.14. The first-order chi connectivity index (χ1) is 9.69. The summed E-state index contributed by atoms with van der Waals surface area (Å²) in [5, 5.41) is 10.9. The van der Waals surface area contributed by atoms with Gasteiger partial charge in [-0.1, -0.05) is 6.07 Å². The first-order valence-corrected chi connectivity index (χ1v) is 6.78. The van der Waals surface area contributed by atoms with E-state index >= 15 is 0 Å². The lowest BCUT2D eigenvalue weighted by Gasteiger charge is -2.13. The molecule has 1 aromatic heterocycles. The molecule has 0 spiro atoms. The molecule has 4 N–H and O–H groups in total. The first kappa shape index (κ1) is 13.1. The van der Waals surface area contributed by atoms with E-state index in [0.29, 0.717) is 13.0 Å². The van der Waals surface area contributed by atoms with Gasteiger partial charge in [-0.15, -0.1) is 0 Å². The van der Waals surface area contributed by atoms with E-state index in [2.05, 4.69) is 15.5 Å². The van der Waals surface area contributed by atoms with Crippen LogP contribution in [0.25, 0.3) is 10.9 Å². The summed E-state index contributed by atoms with van der Waals surface area (Å²) in [6, 6.07) is 3.84. The summed E-state index contributed by atoms with van der Waals surface area (Å²) in [5.74, 6) is -0.124. The highest BCUT2D eigenvalue weighted by Gasteiger charge is 2.30. The van der Waals surface area contributed by atoms with Crippen molar-refractivity contribution in [3.8, 4) is 0 Å². The van der Waals surface area contributed by atoms with Crippen LogP contribution in [-0.2, 0) is 9.53 Å². The average molecular weight is 274 g/mol. The molecule has 0 bridgehead atoms. The van der Waals surface area contributed by atoms with Gasteiger partial charge in [-0.25, -0.2) is 0 Å². The molecular formula is C14H18N4O2. The van der Waals surface area contributed by atoms with E-state index in [0.717, 1.165) is 28.6 Å². The van der Waals surface area contributed by atoms with Crippen LogP contribution in [0.5, 0.6) is 0 Å². The lowest BCUT2D eigenvalue weighted by atomic mass is 10.1. The Kier molecular flexibility index (Phi) is 3.42. The van der Waals surface area contributed by atoms with E-state index in [1.807, 2.05) is 19.1 Å². The van der Waals surface area contributed by atoms with Crippen LogP contribution < -0.4 is 11.1 Å². The smallest absolute Gasteiger partial charge is 0.253 e. The molecule has 1 aliphatic rings. The van der Waals surface area contributed by atoms with E-state index < -0.39 is 6.10 Å². The zero-order chi connectivity index (χ0) is 14.1. The van der Waals surface area contributed by atoms with Crippen LogP contribution in [0, 0.1) is 6.92 Å². The van der Waals surface area contributed by atoms with E-state index in [9.17, 15) is 4.79 Å². The number of amides is 1. The Morgan fingerprint density at radius 2 is 2.40 bits per heavy atom. The van der Waals surface area contributed by atoms with Gasteiger partial charge in [0.15, 0.2) is 0 Å². The number of benzene rings is 1. The summed E-state index contributed by atoms with van der Waals surface area (Å²) >= 11 is 0. The highest BCUT2D eigenvalue weighted by molar-refractivity contribution is 6.02. The number of H-pyrrole nitrogens is 1. The summed E-state index contributed by atoms with van der Waals surface area (Å²) in [6.45, 7) is 2.47. The number of nitrogens with two attached hydrogens (primary N) is 1. The fourth-order valence-corrected chi connectivity index (χ4v) is 2.56. The molecule has 2 atom stereocenters. The number of fused-ring (bicyclic) bond motifs is 1. The number of aromatic nitrogens is 2. The average Bonchev–Trinajstić information content (AvgIpc) is 3.10. The number of rotatable bonds is 3. The summed E-state index contributed by atoms with van der Waals surface area (Å²) < 4.78 is 5.60. The third-order valence-corrected chi connectivity index (χ3v) is 3.75. The topological polar surface area (TPSA) is 93.0 Å². The van der Waals surface area contributed by atoms with Crippen LogP contribution in [0.1, 0.15) is 18.4 Å². The van der Waals surface area contributed by atoms with Crippen molar-refractivity contribution in [3.05, 3.63) is 23.9 Å². The number of hydrogen-bond acceptors (Lipinski definition) is 4. The molecule has 2 heterocycles. The molecule has 20 heavy (non-hydrogen) atoms. The van der Waals surface area contributed by atoms with Gasteiger partial charge in [0, 0.05) is 11.9 Å². The minimum absolute atomic E-state index is 0.00376. The lowest BCUT2D eigenvalue weighted by Crippen LogP contribution is -2.29. The maximum Gasteiger partial charge on any atom is 0.253 e. The molecule has 1 aliphatic heterocycles. The van der Waals surface area contributed by atoms with E-state index in [-0.39, 0.29) is 12.0 Å². The van der Waals surface area contributed by atoms with Gasteiger partial charge < -0.3 is 15.8 Å². The van der Waals surface area contributed by atoms with Crippen molar-refractivity contribution in [2.45, 2.75) is 32.0 Å². The highest BCUT2D eigenvalue weighted by Crippen LogP contribution is 2.26. The monoisotopic (exact) mass is 274 g/mol. The van der Waals surface area contributed by atoms with Crippen LogP contribution in [-0.4, -0.2) is 34.9 Å². The van der Waals surface area contributed by atoms with Crippen molar-refractivity contribution < 1.29 is 9.53 Å². The molecule has 3 rings (SSSR count). The molecule has 106 valence electrons. The summed E-state index contributed by atoms with van der Waals surface area (Å²) in [5.41, 5.74) is 8.24. The number of nitrogens with zero attached hydrogens (tertiary/aromatic N) is 1. The Morgan fingerprint density at radius 1 is 1.55 bits per heavy atom. The summed E-state index contributed by atoms with van der Waals surface area (Å²) in [7, 11) is 0. The fourth-order valence-electron chi connectivity index (χ4n) is 2.56. The standard InChI is InChI=1S/C14H18N4O2/c1-8-2-4-11(13-10(8)7-16-18-13)17-14(19)12-5-3-9(6-15)20-12/h2,4,7,9,12H,3,5-6,15H2,1H3,(H,16,18)(H,17,19)/t9-,12+/m1/s1. The number of aryl methyl sites for hydroxylation is 1. The molecule has 1 fully saturated rings.